The lowest BCUT2D eigenvalue weighted by Gasteiger charge is -2.30. The highest BCUT2D eigenvalue weighted by Gasteiger charge is 2.17. The summed E-state index contributed by atoms with van der Waals surface area (Å²) in [6, 6.07) is 6.37. The van der Waals surface area contributed by atoms with E-state index >= 15 is 0 Å². The first-order chi connectivity index (χ1) is 10.2. The van der Waals surface area contributed by atoms with Gasteiger partial charge in [-0.1, -0.05) is 13.0 Å². The zero-order valence-corrected chi connectivity index (χ0v) is 13.0. The maximum absolute atomic E-state index is 12.1. The van der Waals surface area contributed by atoms with Crippen LogP contribution in [0, 0.1) is 5.92 Å². The number of carbonyl (C=O) groups is 1. The van der Waals surface area contributed by atoms with Gasteiger partial charge in [0.25, 0.3) is 0 Å². The Kier molecular flexibility index (Phi) is 4.59. The fraction of sp³-hybridized carbons (Fsp3) is 0.611. The largest absolute Gasteiger partial charge is 0.326 e. The number of hydrogen-bond acceptors (Lipinski definition) is 2. The van der Waals surface area contributed by atoms with Gasteiger partial charge in [0.05, 0.1) is 0 Å². The second-order valence-corrected chi connectivity index (χ2v) is 6.68. The van der Waals surface area contributed by atoms with Crippen molar-refractivity contribution in [2.24, 2.45) is 5.92 Å². The van der Waals surface area contributed by atoms with Crippen molar-refractivity contribution in [1.29, 1.82) is 0 Å². The van der Waals surface area contributed by atoms with Crippen LogP contribution in [0.25, 0.3) is 0 Å². The summed E-state index contributed by atoms with van der Waals surface area (Å²) in [4.78, 5) is 14.5. The van der Waals surface area contributed by atoms with E-state index in [9.17, 15) is 4.79 Å². The number of anilines is 1. The van der Waals surface area contributed by atoms with Crippen molar-refractivity contribution in [3.8, 4) is 0 Å². The number of aryl methyl sites for hydroxylation is 2. The highest BCUT2D eigenvalue weighted by atomic mass is 16.1. The van der Waals surface area contributed by atoms with Gasteiger partial charge in [-0.25, -0.2) is 0 Å². The van der Waals surface area contributed by atoms with Gasteiger partial charge in [0.1, 0.15) is 0 Å². The molecular weight excluding hydrogens is 260 g/mol. The second kappa shape index (κ2) is 6.61. The molecule has 3 rings (SSSR count). The molecule has 0 unspecified atom stereocenters. The van der Waals surface area contributed by atoms with E-state index in [1.54, 1.807) is 0 Å². The van der Waals surface area contributed by atoms with Crippen molar-refractivity contribution in [3.05, 3.63) is 29.3 Å². The molecule has 1 aromatic rings. The number of likely N-dealkylation sites (tertiary alicyclic amines) is 1. The molecule has 1 aliphatic heterocycles. The van der Waals surface area contributed by atoms with E-state index in [1.165, 1.54) is 36.8 Å². The Morgan fingerprint density at radius 2 is 2.14 bits per heavy atom. The van der Waals surface area contributed by atoms with Crippen molar-refractivity contribution in [2.45, 2.75) is 45.4 Å². The predicted octanol–water partition coefficient (Wildman–Crippen LogP) is 3.24. The molecule has 0 saturated carbocycles. The van der Waals surface area contributed by atoms with Crippen molar-refractivity contribution in [1.82, 2.24) is 4.90 Å². The highest BCUT2D eigenvalue weighted by Crippen LogP contribution is 2.25. The number of nitrogens with zero attached hydrogens (tertiary/aromatic N) is 1. The molecule has 1 saturated heterocycles. The Bertz CT molecular complexity index is 512. The minimum absolute atomic E-state index is 0.145. The first-order valence-corrected chi connectivity index (χ1v) is 8.35. The molecule has 1 N–H and O–H groups in total. The molecular formula is C18H26N2O. The molecule has 3 nitrogen and oxygen atoms in total. The van der Waals surface area contributed by atoms with E-state index in [4.69, 9.17) is 0 Å². The highest BCUT2D eigenvalue weighted by molar-refractivity contribution is 5.91. The van der Waals surface area contributed by atoms with Crippen LogP contribution >= 0.6 is 0 Å². The van der Waals surface area contributed by atoms with Crippen LogP contribution < -0.4 is 5.32 Å². The number of hydrogen-bond donors (Lipinski definition) is 1. The average Bonchev–Trinajstić information content (AvgIpc) is 2.93. The van der Waals surface area contributed by atoms with E-state index in [0.717, 1.165) is 37.7 Å². The molecule has 0 radical (unpaired) electrons. The normalized spacial score (nSPS) is 22.0. The molecule has 1 amide bonds. The monoisotopic (exact) mass is 286 g/mol. The zero-order valence-electron chi connectivity index (χ0n) is 13.0. The van der Waals surface area contributed by atoms with Crippen molar-refractivity contribution in [3.63, 3.8) is 0 Å². The summed E-state index contributed by atoms with van der Waals surface area (Å²) in [5.41, 5.74) is 3.83. The van der Waals surface area contributed by atoms with Crippen LogP contribution in [0.4, 0.5) is 5.69 Å². The Balaban J connectivity index is 1.48. The Hall–Kier alpha value is -1.35. The van der Waals surface area contributed by atoms with Crippen molar-refractivity contribution >= 4 is 11.6 Å². The maximum atomic E-state index is 12.1. The molecule has 0 bridgehead atoms. The molecule has 1 heterocycles. The standard InChI is InChI=1S/C18H26N2O/c1-14-4-3-10-20(13-14)11-9-18(21)19-17-8-7-15-5-2-6-16(15)12-17/h7-8,12,14H,2-6,9-11,13H2,1H3,(H,19,21)/t14-/m0/s1. The van der Waals surface area contributed by atoms with E-state index in [2.05, 4.69) is 29.3 Å². The van der Waals surface area contributed by atoms with Gasteiger partial charge in [-0.3, -0.25) is 4.79 Å². The number of rotatable bonds is 4. The summed E-state index contributed by atoms with van der Waals surface area (Å²) < 4.78 is 0. The van der Waals surface area contributed by atoms with Crippen LogP contribution in [0.1, 0.15) is 43.7 Å². The van der Waals surface area contributed by atoms with Crippen LogP contribution in [0.2, 0.25) is 0 Å². The second-order valence-electron chi connectivity index (χ2n) is 6.68. The van der Waals surface area contributed by atoms with Gasteiger partial charge in [0.2, 0.25) is 5.91 Å². The van der Waals surface area contributed by atoms with Crippen LogP contribution in [-0.2, 0) is 17.6 Å². The molecule has 1 atom stereocenters. The van der Waals surface area contributed by atoms with Gasteiger partial charge < -0.3 is 10.2 Å². The molecule has 2 aliphatic rings. The molecule has 0 spiro atoms. The lowest BCUT2D eigenvalue weighted by molar-refractivity contribution is -0.116. The lowest BCUT2D eigenvalue weighted by Crippen LogP contribution is -2.36. The van der Waals surface area contributed by atoms with Crippen LogP contribution in [-0.4, -0.2) is 30.4 Å². The van der Waals surface area contributed by atoms with Crippen molar-refractivity contribution in [2.75, 3.05) is 25.0 Å². The summed E-state index contributed by atoms with van der Waals surface area (Å²) >= 11 is 0. The Morgan fingerprint density at radius 1 is 1.29 bits per heavy atom. The van der Waals surface area contributed by atoms with Gasteiger partial charge in [0, 0.05) is 25.2 Å². The van der Waals surface area contributed by atoms with Gasteiger partial charge in [-0.05, 0) is 67.8 Å². The molecule has 114 valence electrons. The third-order valence-electron chi connectivity index (χ3n) is 4.78. The number of nitrogens with one attached hydrogen (secondary N) is 1. The van der Waals surface area contributed by atoms with E-state index in [0.29, 0.717) is 6.42 Å². The van der Waals surface area contributed by atoms with E-state index in [1.807, 2.05) is 6.07 Å². The minimum atomic E-state index is 0.145. The molecule has 0 aromatic heterocycles. The lowest BCUT2D eigenvalue weighted by atomic mass is 10.0. The molecule has 1 fully saturated rings. The number of piperidine rings is 1. The van der Waals surface area contributed by atoms with Crippen LogP contribution in [0.15, 0.2) is 18.2 Å². The third kappa shape index (κ3) is 3.85. The molecule has 3 heteroatoms. The fourth-order valence-electron chi connectivity index (χ4n) is 3.62. The Morgan fingerprint density at radius 3 is 3.00 bits per heavy atom. The fourth-order valence-corrected chi connectivity index (χ4v) is 3.62. The first kappa shape index (κ1) is 14.6. The summed E-state index contributed by atoms with van der Waals surface area (Å²) in [5, 5.41) is 3.06. The van der Waals surface area contributed by atoms with Crippen LogP contribution in [0.5, 0.6) is 0 Å². The predicted molar refractivity (Wildman–Crippen MR) is 86.6 cm³/mol. The van der Waals surface area contributed by atoms with Crippen LogP contribution in [0.3, 0.4) is 0 Å². The van der Waals surface area contributed by atoms with Gasteiger partial charge in [0.15, 0.2) is 0 Å². The van der Waals surface area contributed by atoms with E-state index in [-0.39, 0.29) is 5.91 Å². The third-order valence-corrected chi connectivity index (χ3v) is 4.78. The summed E-state index contributed by atoms with van der Waals surface area (Å²) in [6.45, 7) is 5.49. The summed E-state index contributed by atoms with van der Waals surface area (Å²) in [5.74, 6) is 0.921. The summed E-state index contributed by atoms with van der Waals surface area (Å²) in [7, 11) is 0. The number of benzene rings is 1. The number of carbonyl (C=O) groups excluding carboxylic acids is 1. The minimum Gasteiger partial charge on any atom is -0.326 e. The quantitative estimate of drug-likeness (QED) is 0.921. The summed E-state index contributed by atoms with van der Waals surface area (Å²) in [6.07, 6.45) is 6.80. The zero-order chi connectivity index (χ0) is 14.7. The number of fused-ring (bicyclic) bond motifs is 1. The smallest absolute Gasteiger partial charge is 0.225 e. The van der Waals surface area contributed by atoms with Gasteiger partial charge >= 0.3 is 0 Å². The van der Waals surface area contributed by atoms with Gasteiger partial charge in [-0.2, -0.15) is 0 Å². The topological polar surface area (TPSA) is 32.3 Å². The SMILES string of the molecule is C[C@H]1CCCN(CCC(=O)Nc2ccc3c(c2)CCC3)C1. The van der Waals surface area contributed by atoms with Crippen molar-refractivity contribution < 1.29 is 4.79 Å². The Labute approximate surface area is 127 Å². The number of amides is 1. The molecule has 1 aliphatic carbocycles. The van der Waals surface area contributed by atoms with Gasteiger partial charge in [-0.15, -0.1) is 0 Å². The molecule has 1 aromatic carbocycles. The average molecular weight is 286 g/mol. The maximum Gasteiger partial charge on any atom is 0.225 e. The van der Waals surface area contributed by atoms with E-state index < -0.39 is 0 Å². The molecule has 21 heavy (non-hydrogen) atoms. The first-order valence-electron chi connectivity index (χ1n) is 8.35.